The van der Waals surface area contributed by atoms with E-state index in [1.165, 1.54) is 6.42 Å². The molecule has 0 N–H and O–H groups in total. The summed E-state index contributed by atoms with van der Waals surface area (Å²) in [5.74, 6) is 0.462. The number of fused-ring (bicyclic) bond motifs is 2. The van der Waals surface area contributed by atoms with E-state index in [9.17, 15) is 4.79 Å². The molecule has 2 aliphatic carbocycles. The number of carbonyl (C=O) groups is 1. The fraction of sp³-hybridized carbons (Fsp3) is 0.519. The maximum Gasteiger partial charge on any atom is 0.318 e. The lowest BCUT2D eigenvalue weighted by atomic mass is 9.70. The molecule has 2 aliphatic rings. The van der Waals surface area contributed by atoms with Gasteiger partial charge in [0, 0.05) is 17.9 Å². The zero-order chi connectivity index (χ0) is 21.5. The van der Waals surface area contributed by atoms with Crippen LogP contribution in [0, 0.1) is 22.7 Å². The average molecular weight is 406 g/mol. The Hall–Kier alpha value is -2.13. The molecule has 2 aromatic rings. The van der Waals surface area contributed by atoms with Crippen molar-refractivity contribution in [2.75, 3.05) is 20.6 Å². The zero-order valence-electron chi connectivity index (χ0n) is 19.0. The van der Waals surface area contributed by atoms with Crippen molar-refractivity contribution in [3.8, 4) is 0 Å². The second-order valence-corrected chi connectivity index (χ2v) is 10.3. The normalized spacial score (nSPS) is 29.5. The highest BCUT2D eigenvalue weighted by atomic mass is 16.5. The first-order valence-electron chi connectivity index (χ1n) is 11.2. The van der Waals surface area contributed by atoms with Crippen LogP contribution in [0.3, 0.4) is 0 Å². The molecule has 0 radical (unpaired) electrons. The van der Waals surface area contributed by atoms with Crippen LogP contribution in [0.15, 0.2) is 60.7 Å². The van der Waals surface area contributed by atoms with E-state index in [2.05, 4.69) is 39.8 Å². The summed E-state index contributed by atoms with van der Waals surface area (Å²) in [5, 5.41) is 0. The van der Waals surface area contributed by atoms with Crippen LogP contribution in [0.4, 0.5) is 0 Å². The smallest absolute Gasteiger partial charge is 0.318 e. The van der Waals surface area contributed by atoms with Crippen LogP contribution >= 0.6 is 0 Å². The summed E-state index contributed by atoms with van der Waals surface area (Å²) in [7, 11) is 4.24. The Morgan fingerprint density at radius 1 is 1.00 bits per heavy atom. The Bertz CT molecular complexity index is 837. The summed E-state index contributed by atoms with van der Waals surface area (Å²) in [6, 6.07) is 20.1. The molecule has 0 spiro atoms. The Morgan fingerprint density at radius 3 is 2.03 bits per heavy atom. The summed E-state index contributed by atoms with van der Waals surface area (Å²) >= 11 is 0. The second kappa shape index (κ2) is 7.85. The van der Waals surface area contributed by atoms with Crippen LogP contribution in [-0.4, -0.2) is 37.6 Å². The Kier molecular flexibility index (Phi) is 5.52. The van der Waals surface area contributed by atoms with Gasteiger partial charge in [-0.25, -0.2) is 0 Å². The van der Waals surface area contributed by atoms with Crippen molar-refractivity contribution in [3.63, 3.8) is 0 Å². The van der Waals surface area contributed by atoms with Gasteiger partial charge in [-0.2, -0.15) is 0 Å². The third-order valence-electron chi connectivity index (χ3n) is 8.23. The standard InChI is InChI=1S/C27H35NO2/c1-26(2)22-16-17-27(26,3)24(21(22)18-28(4)5)30-25(29)23(19-12-8-6-9-13-19)20-14-10-7-11-15-20/h6-15,21-24H,16-18H2,1-5H3. The maximum absolute atomic E-state index is 13.7. The van der Waals surface area contributed by atoms with Gasteiger partial charge in [-0.05, 0) is 49.4 Å². The van der Waals surface area contributed by atoms with Gasteiger partial charge in [-0.15, -0.1) is 0 Å². The summed E-state index contributed by atoms with van der Waals surface area (Å²) in [4.78, 5) is 16.0. The van der Waals surface area contributed by atoms with E-state index < -0.39 is 5.92 Å². The highest BCUT2D eigenvalue weighted by Gasteiger charge is 2.67. The molecule has 0 saturated heterocycles. The number of esters is 1. The monoisotopic (exact) mass is 405 g/mol. The molecule has 0 aliphatic heterocycles. The summed E-state index contributed by atoms with van der Waals surface area (Å²) in [6.45, 7) is 8.07. The molecular weight excluding hydrogens is 370 g/mol. The van der Waals surface area contributed by atoms with Gasteiger partial charge in [0.2, 0.25) is 0 Å². The van der Waals surface area contributed by atoms with Gasteiger partial charge in [0.15, 0.2) is 0 Å². The predicted octanol–water partition coefficient (Wildman–Crippen LogP) is 5.36. The largest absolute Gasteiger partial charge is 0.461 e. The van der Waals surface area contributed by atoms with E-state index in [4.69, 9.17) is 4.74 Å². The molecule has 0 heterocycles. The third-order valence-corrected chi connectivity index (χ3v) is 8.23. The van der Waals surface area contributed by atoms with Crippen molar-refractivity contribution in [2.24, 2.45) is 22.7 Å². The van der Waals surface area contributed by atoms with Crippen molar-refractivity contribution in [3.05, 3.63) is 71.8 Å². The fourth-order valence-corrected chi connectivity index (χ4v) is 6.31. The van der Waals surface area contributed by atoms with Gasteiger partial charge in [-0.1, -0.05) is 81.4 Å². The van der Waals surface area contributed by atoms with E-state index in [1.54, 1.807) is 0 Å². The van der Waals surface area contributed by atoms with E-state index in [1.807, 2.05) is 60.7 Å². The lowest BCUT2D eigenvalue weighted by Gasteiger charge is -2.40. The van der Waals surface area contributed by atoms with Crippen LogP contribution in [0.5, 0.6) is 0 Å². The first-order chi connectivity index (χ1) is 14.3. The number of hydrogen-bond donors (Lipinski definition) is 0. The van der Waals surface area contributed by atoms with Gasteiger partial charge in [-0.3, -0.25) is 4.79 Å². The molecule has 4 atom stereocenters. The third kappa shape index (κ3) is 3.37. The van der Waals surface area contributed by atoms with E-state index in [0.29, 0.717) is 11.8 Å². The molecule has 2 aromatic carbocycles. The first kappa shape index (κ1) is 21.1. The Morgan fingerprint density at radius 2 is 1.53 bits per heavy atom. The highest BCUT2D eigenvalue weighted by Crippen LogP contribution is 2.68. The van der Waals surface area contributed by atoms with Crippen LogP contribution in [0.1, 0.15) is 50.7 Å². The maximum atomic E-state index is 13.7. The zero-order valence-corrected chi connectivity index (χ0v) is 19.0. The van der Waals surface area contributed by atoms with Gasteiger partial charge in [0.05, 0.1) is 0 Å². The van der Waals surface area contributed by atoms with Crippen LogP contribution in [0.2, 0.25) is 0 Å². The van der Waals surface area contributed by atoms with Gasteiger partial charge in [0.25, 0.3) is 0 Å². The van der Waals surface area contributed by atoms with Crippen LogP contribution in [0.25, 0.3) is 0 Å². The van der Waals surface area contributed by atoms with Gasteiger partial charge in [0.1, 0.15) is 12.0 Å². The van der Waals surface area contributed by atoms with E-state index in [-0.39, 0.29) is 22.9 Å². The molecule has 3 heteroatoms. The molecule has 4 unspecified atom stereocenters. The molecule has 2 fully saturated rings. The fourth-order valence-electron chi connectivity index (χ4n) is 6.31. The SMILES string of the molecule is CN(C)CC1C2CCC(C)(C1OC(=O)C(c1ccccc1)c1ccccc1)C2(C)C. The molecule has 2 saturated carbocycles. The predicted molar refractivity (Wildman–Crippen MR) is 121 cm³/mol. The lowest BCUT2D eigenvalue weighted by molar-refractivity contribution is -0.161. The van der Waals surface area contributed by atoms with Crippen molar-refractivity contribution in [2.45, 2.75) is 45.6 Å². The Balaban J connectivity index is 1.68. The Labute approximate surface area is 181 Å². The quantitative estimate of drug-likeness (QED) is 0.606. The van der Waals surface area contributed by atoms with Crippen molar-refractivity contribution < 1.29 is 9.53 Å². The number of rotatable bonds is 6. The van der Waals surface area contributed by atoms with E-state index >= 15 is 0 Å². The number of benzene rings is 2. The first-order valence-corrected chi connectivity index (χ1v) is 11.2. The summed E-state index contributed by atoms with van der Waals surface area (Å²) < 4.78 is 6.50. The molecule has 160 valence electrons. The highest BCUT2D eigenvalue weighted by molar-refractivity contribution is 5.82. The van der Waals surface area contributed by atoms with Gasteiger partial charge >= 0.3 is 5.97 Å². The number of hydrogen-bond acceptors (Lipinski definition) is 3. The lowest BCUT2D eigenvalue weighted by Crippen LogP contribution is -2.44. The average Bonchev–Trinajstić information content (AvgIpc) is 3.03. The van der Waals surface area contributed by atoms with Crippen molar-refractivity contribution in [1.82, 2.24) is 4.90 Å². The molecule has 3 nitrogen and oxygen atoms in total. The molecule has 4 rings (SSSR count). The van der Waals surface area contributed by atoms with E-state index in [0.717, 1.165) is 24.1 Å². The summed E-state index contributed by atoms with van der Waals surface area (Å²) in [6.07, 6.45) is 2.32. The van der Waals surface area contributed by atoms with Crippen molar-refractivity contribution in [1.29, 1.82) is 0 Å². The number of ether oxygens (including phenoxy) is 1. The minimum atomic E-state index is -0.391. The molecular formula is C27H35NO2. The minimum Gasteiger partial charge on any atom is -0.461 e. The number of carbonyl (C=O) groups excluding carboxylic acids is 1. The molecule has 2 bridgehead atoms. The molecule has 0 aromatic heterocycles. The molecule has 0 amide bonds. The van der Waals surface area contributed by atoms with Crippen molar-refractivity contribution >= 4 is 5.97 Å². The summed E-state index contributed by atoms with van der Waals surface area (Å²) in [5.41, 5.74) is 2.18. The van der Waals surface area contributed by atoms with Gasteiger partial charge < -0.3 is 9.64 Å². The number of nitrogens with zero attached hydrogens (tertiary/aromatic N) is 1. The second-order valence-electron chi connectivity index (χ2n) is 10.3. The van der Waals surface area contributed by atoms with Crippen LogP contribution < -0.4 is 0 Å². The van der Waals surface area contributed by atoms with Crippen LogP contribution in [-0.2, 0) is 9.53 Å². The molecule has 30 heavy (non-hydrogen) atoms. The minimum absolute atomic E-state index is 0.0198. The topological polar surface area (TPSA) is 29.5 Å².